The minimum absolute atomic E-state index is 0.107. The summed E-state index contributed by atoms with van der Waals surface area (Å²) in [6.07, 6.45) is 2.16. The van der Waals surface area contributed by atoms with Gasteiger partial charge in [0.15, 0.2) is 0 Å². The minimum Gasteiger partial charge on any atom is -0.373 e. The Hall–Kier alpha value is -1.92. The summed E-state index contributed by atoms with van der Waals surface area (Å²) < 4.78 is 6.90. The first-order valence-corrected chi connectivity index (χ1v) is 8.09. The molecular weight excluding hydrogens is 300 g/mol. The normalized spacial score (nSPS) is 17.6. The van der Waals surface area contributed by atoms with E-state index in [0.29, 0.717) is 10.6 Å². The highest BCUT2D eigenvalue weighted by Gasteiger charge is 2.21. The Morgan fingerprint density at radius 3 is 2.86 bits per heavy atom. The van der Waals surface area contributed by atoms with Gasteiger partial charge in [-0.3, -0.25) is 15.0 Å². The Kier molecular flexibility index (Phi) is 4.13. The standard InChI is InChI=1S/C16H18N2O3S/c1-10-8-11(2)18(15(19)9-10)17-16(20)14-6-5-13(22-14)12-4-3-7-21-12/h5-6,8-9,12H,3-4,7H2,1-2H3,(H,17,20). The van der Waals surface area contributed by atoms with Gasteiger partial charge in [0.1, 0.15) is 0 Å². The highest BCUT2D eigenvalue weighted by Crippen LogP contribution is 2.33. The van der Waals surface area contributed by atoms with Crippen molar-refractivity contribution in [2.45, 2.75) is 32.8 Å². The molecule has 6 heteroatoms. The molecule has 1 unspecified atom stereocenters. The van der Waals surface area contributed by atoms with Crippen LogP contribution in [0.2, 0.25) is 0 Å². The summed E-state index contributed by atoms with van der Waals surface area (Å²) in [5.74, 6) is -0.275. The van der Waals surface area contributed by atoms with Crippen molar-refractivity contribution in [3.05, 3.63) is 55.6 Å². The molecule has 22 heavy (non-hydrogen) atoms. The molecule has 2 aromatic heterocycles. The Balaban J connectivity index is 1.79. The van der Waals surface area contributed by atoms with Crippen molar-refractivity contribution in [2.75, 3.05) is 12.0 Å². The van der Waals surface area contributed by atoms with Crippen LogP contribution in [0.15, 0.2) is 29.1 Å². The smallest absolute Gasteiger partial charge is 0.280 e. The van der Waals surface area contributed by atoms with E-state index in [1.54, 1.807) is 13.0 Å². The first kappa shape index (κ1) is 15.0. The fourth-order valence-electron chi connectivity index (χ4n) is 2.62. The predicted octanol–water partition coefficient (Wildman–Crippen LogP) is 2.76. The lowest BCUT2D eigenvalue weighted by Crippen LogP contribution is -2.34. The van der Waals surface area contributed by atoms with Crippen molar-refractivity contribution in [1.29, 1.82) is 0 Å². The van der Waals surface area contributed by atoms with E-state index >= 15 is 0 Å². The van der Waals surface area contributed by atoms with E-state index in [4.69, 9.17) is 4.74 Å². The minimum atomic E-state index is -0.275. The molecule has 1 fully saturated rings. The zero-order chi connectivity index (χ0) is 15.7. The monoisotopic (exact) mass is 318 g/mol. The summed E-state index contributed by atoms with van der Waals surface area (Å²) in [4.78, 5) is 26.0. The van der Waals surface area contributed by atoms with Crippen LogP contribution in [0.3, 0.4) is 0 Å². The summed E-state index contributed by atoms with van der Waals surface area (Å²) >= 11 is 1.42. The van der Waals surface area contributed by atoms with Gasteiger partial charge in [-0.25, -0.2) is 4.68 Å². The average Bonchev–Trinajstić information content (AvgIpc) is 3.12. The van der Waals surface area contributed by atoms with Crippen LogP contribution in [0.5, 0.6) is 0 Å². The maximum absolute atomic E-state index is 12.3. The van der Waals surface area contributed by atoms with Crippen LogP contribution >= 0.6 is 11.3 Å². The first-order valence-electron chi connectivity index (χ1n) is 7.27. The van der Waals surface area contributed by atoms with Crippen LogP contribution in [0, 0.1) is 13.8 Å². The molecule has 1 aliphatic heterocycles. The van der Waals surface area contributed by atoms with Gasteiger partial charge in [-0.05, 0) is 50.5 Å². The molecule has 3 rings (SSSR count). The molecule has 1 atom stereocenters. The molecule has 0 radical (unpaired) electrons. The molecule has 1 saturated heterocycles. The predicted molar refractivity (Wildman–Crippen MR) is 86.1 cm³/mol. The fraction of sp³-hybridized carbons (Fsp3) is 0.375. The number of carbonyl (C=O) groups excluding carboxylic acids is 1. The van der Waals surface area contributed by atoms with Crippen molar-refractivity contribution in [3.8, 4) is 0 Å². The maximum Gasteiger partial charge on any atom is 0.280 e. The van der Waals surface area contributed by atoms with Crippen molar-refractivity contribution in [1.82, 2.24) is 4.68 Å². The molecular formula is C16H18N2O3S. The van der Waals surface area contributed by atoms with Crippen LogP contribution in [0.4, 0.5) is 0 Å². The SMILES string of the molecule is Cc1cc(C)n(NC(=O)c2ccc(C3CCCO3)s2)c(=O)c1. The van der Waals surface area contributed by atoms with Crippen LogP contribution in [0.25, 0.3) is 0 Å². The summed E-state index contributed by atoms with van der Waals surface area (Å²) in [6, 6.07) is 7.07. The van der Waals surface area contributed by atoms with E-state index in [9.17, 15) is 9.59 Å². The molecule has 1 amide bonds. The third-order valence-electron chi connectivity index (χ3n) is 3.67. The molecule has 0 spiro atoms. The quantitative estimate of drug-likeness (QED) is 0.946. The maximum atomic E-state index is 12.3. The van der Waals surface area contributed by atoms with Crippen molar-refractivity contribution in [2.24, 2.45) is 0 Å². The third kappa shape index (κ3) is 2.98. The number of hydrogen-bond acceptors (Lipinski definition) is 4. The summed E-state index contributed by atoms with van der Waals surface area (Å²) in [7, 11) is 0. The number of nitrogens with zero attached hydrogens (tertiary/aromatic N) is 1. The first-order chi connectivity index (χ1) is 10.5. The molecule has 5 nitrogen and oxygen atoms in total. The largest absolute Gasteiger partial charge is 0.373 e. The zero-order valence-electron chi connectivity index (χ0n) is 12.6. The lowest BCUT2D eigenvalue weighted by molar-refractivity contribution is 0.101. The van der Waals surface area contributed by atoms with Gasteiger partial charge in [0.05, 0.1) is 11.0 Å². The Labute approximate surface area is 132 Å². The molecule has 2 aromatic rings. The number of nitrogens with one attached hydrogen (secondary N) is 1. The highest BCUT2D eigenvalue weighted by atomic mass is 32.1. The van der Waals surface area contributed by atoms with Gasteiger partial charge in [0.25, 0.3) is 11.5 Å². The molecule has 0 aromatic carbocycles. The zero-order valence-corrected chi connectivity index (χ0v) is 13.4. The van der Waals surface area contributed by atoms with Crippen LogP contribution in [0.1, 0.15) is 44.8 Å². The Morgan fingerprint density at radius 2 is 2.18 bits per heavy atom. The lowest BCUT2D eigenvalue weighted by atomic mass is 10.2. The molecule has 1 N–H and O–H groups in total. The van der Waals surface area contributed by atoms with Crippen LogP contribution < -0.4 is 11.0 Å². The summed E-state index contributed by atoms with van der Waals surface area (Å²) in [5.41, 5.74) is 4.01. The van der Waals surface area contributed by atoms with Crippen LogP contribution in [-0.4, -0.2) is 17.2 Å². The highest BCUT2D eigenvalue weighted by molar-refractivity contribution is 7.14. The number of pyridine rings is 1. The number of hydrogen-bond donors (Lipinski definition) is 1. The van der Waals surface area contributed by atoms with Gasteiger partial charge in [0, 0.05) is 23.2 Å². The van der Waals surface area contributed by atoms with E-state index < -0.39 is 0 Å². The van der Waals surface area contributed by atoms with Crippen molar-refractivity contribution >= 4 is 17.2 Å². The summed E-state index contributed by atoms with van der Waals surface area (Å²) in [5, 5.41) is 0. The van der Waals surface area contributed by atoms with Crippen LogP contribution in [-0.2, 0) is 4.74 Å². The second-order valence-electron chi connectivity index (χ2n) is 5.49. The Bertz CT molecular complexity index is 757. The van der Waals surface area contributed by atoms with E-state index in [2.05, 4.69) is 5.43 Å². The van der Waals surface area contributed by atoms with Crippen molar-refractivity contribution in [3.63, 3.8) is 0 Å². The molecule has 3 heterocycles. The number of carbonyl (C=O) groups is 1. The van der Waals surface area contributed by atoms with Gasteiger partial charge in [-0.2, -0.15) is 0 Å². The summed E-state index contributed by atoms with van der Waals surface area (Å²) in [6.45, 7) is 4.43. The van der Waals surface area contributed by atoms with Gasteiger partial charge >= 0.3 is 0 Å². The average molecular weight is 318 g/mol. The number of ether oxygens (including phenoxy) is 1. The van der Waals surface area contributed by atoms with E-state index in [-0.39, 0.29) is 17.6 Å². The molecule has 0 bridgehead atoms. The fourth-order valence-corrected chi connectivity index (χ4v) is 3.60. The lowest BCUT2D eigenvalue weighted by Gasteiger charge is -2.11. The number of aromatic nitrogens is 1. The topological polar surface area (TPSA) is 60.3 Å². The third-order valence-corrected chi connectivity index (χ3v) is 4.85. The van der Waals surface area contributed by atoms with Gasteiger partial charge in [-0.1, -0.05) is 0 Å². The van der Waals surface area contributed by atoms with Gasteiger partial charge in [-0.15, -0.1) is 11.3 Å². The molecule has 0 aliphatic carbocycles. The molecule has 0 saturated carbocycles. The number of aryl methyl sites for hydroxylation is 2. The van der Waals surface area contributed by atoms with E-state index in [1.807, 2.05) is 19.1 Å². The second-order valence-corrected chi connectivity index (χ2v) is 6.61. The van der Waals surface area contributed by atoms with Crippen molar-refractivity contribution < 1.29 is 9.53 Å². The van der Waals surface area contributed by atoms with Gasteiger partial charge in [0.2, 0.25) is 0 Å². The second kappa shape index (κ2) is 6.06. The van der Waals surface area contributed by atoms with E-state index in [1.165, 1.54) is 22.1 Å². The number of amides is 1. The number of rotatable bonds is 3. The molecule has 1 aliphatic rings. The molecule has 116 valence electrons. The number of thiophene rings is 1. The van der Waals surface area contributed by atoms with E-state index in [0.717, 1.165) is 29.9 Å². The van der Waals surface area contributed by atoms with Gasteiger partial charge < -0.3 is 4.74 Å². The Morgan fingerprint density at radius 1 is 1.36 bits per heavy atom.